The summed E-state index contributed by atoms with van der Waals surface area (Å²) in [5.41, 5.74) is 23.9. The highest BCUT2D eigenvalue weighted by atomic mass is 35.5. The molecule has 5 aliphatic heterocycles. The summed E-state index contributed by atoms with van der Waals surface area (Å²) in [6.07, 6.45) is 4.32. The number of esters is 3. The molecule has 5 saturated heterocycles. The van der Waals surface area contributed by atoms with Crippen molar-refractivity contribution in [2.24, 2.45) is 11.5 Å². The summed E-state index contributed by atoms with van der Waals surface area (Å²) in [5.74, 6) is 0.374. The number of nitrogen functional groups attached to an aromatic ring is 1. The summed E-state index contributed by atoms with van der Waals surface area (Å²) in [7, 11) is 0. The molecule has 0 saturated carbocycles. The van der Waals surface area contributed by atoms with Crippen LogP contribution in [0.3, 0.4) is 0 Å². The molecule has 36 heteroatoms. The molecule has 5 aromatic carbocycles. The normalized spacial score (nSPS) is 14.2. The number of piperazine rings is 4. The van der Waals surface area contributed by atoms with E-state index < -0.39 is 53.2 Å². The van der Waals surface area contributed by atoms with Crippen molar-refractivity contribution in [3.8, 4) is 0 Å². The fourth-order valence-corrected chi connectivity index (χ4v) is 14.1. The molecule has 5 aromatic heterocycles. The van der Waals surface area contributed by atoms with Crippen molar-refractivity contribution >= 4 is 161 Å². The van der Waals surface area contributed by atoms with Crippen molar-refractivity contribution in [2.75, 3.05) is 175 Å². The lowest BCUT2D eigenvalue weighted by atomic mass is 10.0. The highest BCUT2D eigenvalue weighted by Crippen LogP contribution is 2.33. The molecule has 5 aliphatic rings. The van der Waals surface area contributed by atoms with Crippen LogP contribution in [0.25, 0.3) is 54.8 Å². The van der Waals surface area contributed by atoms with Gasteiger partial charge >= 0.3 is 42.5 Å². The monoisotopic (exact) mass is 1920 g/mol. The number of nitrogens with zero attached hydrogens (tertiary/aromatic N) is 6. The standard InChI is InChI=1S/C19H26N2O3.C17H23N3O2.C15H18N2O3.C13H15N3O2.C11H11NO3.C10H18O5.C5H10Cl2.C4H8O.2CO2.3CH4/c1-5-23-18(22)17-13-14-12-15(6-7-16(14)24-17)20-8-10-21(11-9-20)19(2,3)4;1-17(2,3)20-8-6-19(7-9-20)13-4-5-14-12(10-13)11-15(22-14)16(18)21;1-2-19-15(18)14-10-11-9-12(3-4-13(11)20-14)17-7-5-16-6-8-17;14-13(17)12-8-9-7-10(1-2-11(9)18-12)16-5-3-15-4-6-16;1-2-14-11(13)10-6-7-5-8(12)3-4-9(7)15-10;1-9(2,3)14-7(11)13-8(12)15-10(4,5)6;6-4-2-1-3-5-7;1-2-4-5-3-1;2*2-1-3;;;/h6-7,12-13H,5,8-11H2,1-4H3;4-5,10-11H,6-9H2,1-3H3,(H2,18,21);3-4,9-10,16H,2,5-8H2,1H3;1-2,7-8,15H,3-6H2,(H2,14,17);3-6H,2,12H2,1H3;1-6H3;1-5H2;1-4H2;;;3*1H4. The van der Waals surface area contributed by atoms with Gasteiger partial charge in [-0.15, -0.1) is 23.2 Å². The van der Waals surface area contributed by atoms with E-state index in [0.717, 1.165) is 192 Å². The molecule has 135 heavy (non-hydrogen) atoms. The van der Waals surface area contributed by atoms with Gasteiger partial charge in [-0.2, -0.15) is 19.2 Å². The van der Waals surface area contributed by atoms with E-state index in [-0.39, 0.29) is 74.5 Å². The lowest BCUT2D eigenvalue weighted by molar-refractivity contribution is -0.193. The van der Waals surface area contributed by atoms with Crippen LogP contribution in [0.1, 0.15) is 211 Å². The number of unbranched alkanes of at least 4 members (excludes halogenated alkanes) is 2. The minimum Gasteiger partial charge on any atom is -0.460 e. The molecule has 0 spiro atoms. The number of hydrogen-bond acceptors (Lipinski definition) is 32. The molecule has 10 aromatic rings. The fourth-order valence-electron chi connectivity index (χ4n) is 13.7. The molecule has 0 aliphatic carbocycles. The number of primary amides is 2. The topological polar surface area (TPSA) is 440 Å². The highest BCUT2D eigenvalue weighted by Gasteiger charge is 2.30. The second-order valence-corrected chi connectivity index (χ2v) is 35.1. The number of nitrogens with one attached hydrogen (secondary N) is 2. The molecule has 15 rings (SSSR count). The van der Waals surface area contributed by atoms with E-state index in [1.807, 2.05) is 48.5 Å². The quantitative estimate of drug-likeness (QED) is 0.0150. The Morgan fingerprint density at radius 2 is 0.637 bits per heavy atom. The van der Waals surface area contributed by atoms with Gasteiger partial charge in [-0.05, 0) is 251 Å². The van der Waals surface area contributed by atoms with Gasteiger partial charge in [-0.3, -0.25) is 19.4 Å². The SMILES string of the molecule is C.C.C.C1CCOC1.CC(C)(C)N1CCN(c2ccc3oc(C(N)=O)cc3c2)CC1.CC(C)(C)OC(=O)OC(=O)OC(C)(C)C.CCOC(=O)c1cc2cc(N)ccc2o1.CCOC(=O)c1cc2cc(N3CCN(C(C)(C)C)CC3)ccc2o1.CCOC(=O)c1cc2cc(N3CCNCC3)ccc2o1.ClCCCCCCl.NC(=O)c1cc2cc(N3CCNCC3)ccc2o1.O=C=O.O=C=O. The number of furan rings is 5. The Morgan fingerprint density at radius 3 is 0.881 bits per heavy atom. The number of carbonyl (C=O) groups excluding carboxylic acids is 11. The largest absolute Gasteiger partial charge is 0.519 e. The summed E-state index contributed by atoms with van der Waals surface area (Å²) in [6.45, 7) is 48.1. The predicted octanol–water partition coefficient (Wildman–Crippen LogP) is 18.2. The number of ether oxygens (including phenoxy) is 7. The fraction of sp³-hybridized carbons (Fsp3) is 0.505. The van der Waals surface area contributed by atoms with Crippen LogP contribution in [-0.2, 0) is 52.3 Å². The van der Waals surface area contributed by atoms with Gasteiger partial charge in [0.1, 0.15) is 39.1 Å². The second kappa shape index (κ2) is 58.3. The van der Waals surface area contributed by atoms with E-state index in [1.165, 1.54) is 24.9 Å². The molecule has 0 bridgehead atoms. The van der Waals surface area contributed by atoms with E-state index in [0.29, 0.717) is 47.8 Å². The third-order valence-electron chi connectivity index (χ3n) is 20.1. The molecular formula is C99H141Cl2N11O23. The number of benzene rings is 5. The maximum absolute atomic E-state index is 11.8. The first kappa shape index (κ1) is 117. The number of fused-ring (bicyclic) bond motifs is 5. The number of anilines is 5. The van der Waals surface area contributed by atoms with Gasteiger partial charge in [-0.1, -0.05) is 28.7 Å². The van der Waals surface area contributed by atoms with Crippen molar-refractivity contribution in [3.63, 3.8) is 0 Å². The summed E-state index contributed by atoms with van der Waals surface area (Å²) in [4.78, 5) is 126. The van der Waals surface area contributed by atoms with Crippen LogP contribution in [0.2, 0.25) is 0 Å². The van der Waals surface area contributed by atoms with Crippen LogP contribution in [0.5, 0.6) is 0 Å². The Balaban J connectivity index is 0.000000402. The Labute approximate surface area is 801 Å². The molecule has 5 fully saturated rings. The lowest BCUT2D eigenvalue weighted by Gasteiger charge is -2.43. The molecule has 10 heterocycles. The minimum atomic E-state index is -1.06. The van der Waals surface area contributed by atoms with Gasteiger partial charge in [0, 0.05) is 196 Å². The maximum Gasteiger partial charge on any atom is 0.519 e. The third kappa shape index (κ3) is 40.2. The van der Waals surface area contributed by atoms with Crippen LogP contribution in [-0.4, -0.2) is 236 Å². The zero-order valence-electron chi connectivity index (χ0n) is 78.4. The molecule has 0 radical (unpaired) electrons. The third-order valence-corrected chi connectivity index (χ3v) is 20.7. The Morgan fingerprint density at radius 1 is 0.378 bits per heavy atom. The van der Waals surface area contributed by atoms with Crippen molar-refractivity contribution in [1.29, 1.82) is 0 Å². The number of rotatable bonds is 16. The van der Waals surface area contributed by atoms with E-state index in [2.05, 4.69) is 111 Å². The number of halogens is 2. The summed E-state index contributed by atoms with van der Waals surface area (Å²) in [6, 6.07) is 37.8. The number of amides is 2. The van der Waals surface area contributed by atoms with Crippen LogP contribution in [0, 0.1) is 0 Å². The first-order chi connectivity index (χ1) is 62.7. The summed E-state index contributed by atoms with van der Waals surface area (Å²) in [5, 5.41) is 11.2. The van der Waals surface area contributed by atoms with Crippen molar-refractivity contribution in [3.05, 3.63) is 150 Å². The average Bonchev–Trinajstić information content (AvgIpc) is 1.73. The number of nitrogens with two attached hydrogens (primary N) is 3. The van der Waals surface area contributed by atoms with E-state index >= 15 is 0 Å². The zero-order valence-corrected chi connectivity index (χ0v) is 79.9. The number of hydrogen-bond donors (Lipinski definition) is 5. The van der Waals surface area contributed by atoms with Crippen LogP contribution in [0.15, 0.2) is 143 Å². The first-order valence-electron chi connectivity index (χ1n) is 44.0. The molecular weight excluding hydrogens is 1780 g/mol. The Bertz CT molecular complexity index is 5310. The van der Waals surface area contributed by atoms with E-state index in [1.54, 1.807) is 111 Å². The Hall–Kier alpha value is -12.0. The van der Waals surface area contributed by atoms with Gasteiger partial charge < -0.3 is 103 Å². The van der Waals surface area contributed by atoms with Crippen molar-refractivity contribution in [2.45, 2.75) is 181 Å². The molecule has 2 amide bonds. The van der Waals surface area contributed by atoms with Crippen molar-refractivity contribution < 1.29 is 108 Å². The molecule has 744 valence electrons. The molecule has 0 unspecified atom stereocenters. The van der Waals surface area contributed by atoms with Gasteiger partial charge in [-0.25, -0.2) is 24.0 Å². The van der Waals surface area contributed by atoms with E-state index in [4.69, 9.17) is 110 Å². The molecule has 0 atom stereocenters. The van der Waals surface area contributed by atoms with E-state index in [9.17, 15) is 33.6 Å². The minimum absolute atomic E-state index is 0. The smallest absolute Gasteiger partial charge is 0.460 e. The maximum atomic E-state index is 11.8. The summed E-state index contributed by atoms with van der Waals surface area (Å²) < 4.78 is 60.7. The zero-order chi connectivity index (χ0) is 97.3. The molecule has 8 N–H and O–H groups in total. The van der Waals surface area contributed by atoms with Crippen LogP contribution in [0.4, 0.5) is 38.0 Å². The second-order valence-electron chi connectivity index (χ2n) is 34.3. The predicted molar refractivity (Wildman–Crippen MR) is 527 cm³/mol. The van der Waals surface area contributed by atoms with Gasteiger partial charge in [0.05, 0.1) is 19.8 Å². The first-order valence-corrected chi connectivity index (χ1v) is 45.0. The van der Waals surface area contributed by atoms with Crippen LogP contribution < -0.4 is 47.4 Å². The summed E-state index contributed by atoms with van der Waals surface area (Å²) >= 11 is 10.8. The van der Waals surface area contributed by atoms with Gasteiger partial charge in [0.2, 0.25) is 17.3 Å². The number of alkyl halides is 2. The number of carbonyl (C=O) groups is 7. The van der Waals surface area contributed by atoms with Gasteiger partial charge in [0.15, 0.2) is 11.5 Å². The molecule has 34 nitrogen and oxygen atoms in total. The average molecular weight is 1920 g/mol. The highest BCUT2D eigenvalue weighted by molar-refractivity contribution is 6.18. The Kier molecular flexibility index (Phi) is 50.7. The van der Waals surface area contributed by atoms with Crippen LogP contribution >= 0.6 is 23.2 Å². The van der Waals surface area contributed by atoms with Gasteiger partial charge in [0.25, 0.3) is 11.8 Å². The van der Waals surface area contributed by atoms with Crippen molar-refractivity contribution in [1.82, 2.24) is 20.4 Å². The lowest BCUT2D eigenvalue weighted by Crippen LogP contribution is -2.53.